The summed E-state index contributed by atoms with van der Waals surface area (Å²) in [6.45, 7) is 5.02. The Balaban J connectivity index is 2.51. The van der Waals surface area contributed by atoms with E-state index in [0.29, 0.717) is 23.9 Å². The summed E-state index contributed by atoms with van der Waals surface area (Å²) in [4.78, 5) is 0. The van der Waals surface area contributed by atoms with Crippen LogP contribution in [0.5, 0.6) is 5.75 Å². The smallest absolute Gasteiger partial charge is 0.142 e. The second kappa shape index (κ2) is 4.74. The Morgan fingerprint density at radius 2 is 2.00 bits per heavy atom. The molecular formula is C11H18N2O. The summed E-state index contributed by atoms with van der Waals surface area (Å²) in [5, 5.41) is 0. The number of benzene rings is 1. The first-order chi connectivity index (χ1) is 6.59. The van der Waals surface area contributed by atoms with Crippen LogP contribution < -0.4 is 16.2 Å². The molecule has 4 N–H and O–H groups in total. The Bertz CT molecular complexity index is 297. The molecule has 1 rings (SSSR count). The zero-order valence-corrected chi connectivity index (χ0v) is 8.79. The maximum atomic E-state index is 5.73. The third-order valence-corrected chi connectivity index (χ3v) is 1.99. The first kappa shape index (κ1) is 10.7. The summed E-state index contributed by atoms with van der Waals surface area (Å²) in [6, 6.07) is 5.32. The molecule has 0 aromatic heterocycles. The molecule has 1 aromatic carbocycles. The Labute approximate surface area is 85.0 Å². The average molecular weight is 194 g/mol. The van der Waals surface area contributed by atoms with Crippen LogP contribution in [0.4, 0.5) is 11.4 Å². The topological polar surface area (TPSA) is 61.3 Å². The number of nitrogens with two attached hydrogens (primary N) is 2. The third kappa shape index (κ3) is 3.17. The van der Waals surface area contributed by atoms with Gasteiger partial charge < -0.3 is 16.2 Å². The lowest BCUT2D eigenvalue weighted by atomic mass is 10.1. The highest BCUT2D eigenvalue weighted by atomic mass is 16.5. The average Bonchev–Trinajstić information content (AvgIpc) is 2.08. The summed E-state index contributed by atoms with van der Waals surface area (Å²) in [5.41, 5.74) is 12.6. The molecule has 0 saturated carbocycles. The number of hydrogen-bond donors (Lipinski definition) is 2. The number of anilines is 2. The van der Waals surface area contributed by atoms with Gasteiger partial charge in [-0.2, -0.15) is 0 Å². The van der Waals surface area contributed by atoms with E-state index < -0.39 is 0 Å². The van der Waals surface area contributed by atoms with Gasteiger partial charge in [-0.1, -0.05) is 13.8 Å². The first-order valence-corrected chi connectivity index (χ1v) is 4.87. The van der Waals surface area contributed by atoms with Crippen molar-refractivity contribution in [2.75, 3.05) is 18.1 Å². The third-order valence-electron chi connectivity index (χ3n) is 1.99. The Hall–Kier alpha value is -1.38. The molecule has 0 amide bonds. The van der Waals surface area contributed by atoms with E-state index in [1.165, 1.54) is 0 Å². The summed E-state index contributed by atoms with van der Waals surface area (Å²) >= 11 is 0. The fourth-order valence-electron chi connectivity index (χ4n) is 1.10. The van der Waals surface area contributed by atoms with Gasteiger partial charge in [0.05, 0.1) is 12.3 Å². The monoisotopic (exact) mass is 194 g/mol. The molecule has 0 heterocycles. The minimum Gasteiger partial charge on any atom is -0.491 e. The van der Waals surface area contributed by atoms with E-state index in [9.17, 15) is 0 Å². The largest absolute Gasteiger partial charge is 0.491 e. The zero-order valence-electron chi connectivity index (χ0n) is 8.79. The van der Waals surface area contributed by atoms with Crippen molar-refractivity contribution < 1.29 is 4.74 Å². The van der Waals surface area contributed by atoms with Gasteiger partial charge in [-0.15, -0.1) is 0 Å². The molecular weight excluding hydrogens is 176 g/mol. The predicted octanol–water partition coefficient (Wildman–Crippen LogP) is 2.28. The highest BCUT2D eigenvalue weighted by Crippen LogP contribution is 2.23. The standard InChI is InChI=1S/C11H18N2O/c1-8(2)5-6-14-11-4-3-9(12)7-10(11)13/h3-4,7-8H,5-6,12-13H2,1-2H3. The molecule has 3 nitrogen and oxygen atoms in total. The molecule has 0 aliphatic carbocycles. The summed E-state index contributed by atoms with van der Waals surface area (Å²) in [6.07, 6.45) is 1.03. The normalized spacial score (nSPS) is 10.5. The minimum atomic E-state index is 0.605. The lowest BCUT2D eigenvalue weighted by molar-refractivity contribution is 0.291. The maximum Gasteiger partial charge on any atom is 0.142 e. The van der Waals surface area contributed by atoms with E-state index in [-0.39, 0.29) is 0 Å². The van der Waals surface area contributed by atoms with Crippen LogP contribution in [0.25, 0.3) is 0 Å². The molecule has 0 aliphatic rings. The van der Waals surface area contributed by atoms with Crippen molar-refractivity contribution in [1.82, 2.24) is 0 Å². The van der Waals surface area contributed by atoms with E-state index in [1.54, 1.807) is 12.1 Å². The molecule has 3 heteroatoms. The van der Waals surface area contributed by atoms with E-state index in [1.807, 2.05) is 6.07 Å². The van der Waals surface area contributed by atoms with Crippen molar-refractivity contribution in [2.45, 2.75) is 20.3 Å². The molecule has 1 aromatic rings. The number of rotatable bonds is 4. The van der Waals surface area contributed by atoms with E-state index >= 15 is 0 Å². The maximum absolute atomic E-state index is 5.73. The van der Waals surface area contributed by atoms with Crippen LogP contribution in [0, 0.1) is 5.92 Å². The van der Waals surface area contributed by atoms with Crippen LogP contribution in [0.15, 0.2) is 18.2 Å². The van der Waals surface area contributed by atoms with Crippen LogP contribution in [0.2, 0.25) is 0 Å². The second-order valence-electron chi connectivity index (χ2n) is 3.83. The van der Waals surface area contributed by atoms with Crippen molar-refractivity contribution in [1.29, 1.82) is 0 Å². The number of hydrogen-bond acceptors (Lipinski definition) is 3. The van der Waals surface area contributed by atoms with Crippen molar-refractivity contribution in [3.05, 3.63) is 18.2 Å². The van der Waals surface area contributed by atoms with Crippen molar-refractivity contribution in [3.63, 3.8) is 0 Å². The van der Waals surface area contributed by atoms with Crippen molar-refractivity contribution >= 4 is 11.4 Å². The van der Waals surface area contributed by atoms with Crippen LogP contribution in [0.3, 0.4) is 0 Å². The minimum absolute atomic E-state index is 0.605. The van der Waals surface area contributed by atoms with E-state index in [2.05, 4.69) is 13.8 Å². The summed E-state index contributed by atoms with van der Waals surface area (Å²) in [5.74, 6) is 1.37. The van der Waals surface area contributed by atoms with Gasteiger partial charge in [0.1, 0.15) is 5.75 Å². The van der Waals surface area contributed by atoms with Gasteiger partial charge in [-0.25, -0.2) is 0 Å². The molecule has 14 heavy (non-hydrogen) atoms. The van der Waals surface area contributed by atoms with Crippen molar-refractivity contribution in [2.24, 2.45) is 5.92 Å². The molecule has 0 radical (unpaired) electrons. The first-order valence-electron chi connectivity index (χ1n) is 4.87. The van der Waals surface area contributed by atoms with Crippen LogP contribution >= 0.6 is 0 Å². The molecule has 0 fully saturated rings. The molecule has 0 atom stereocenters. The summed E-state index contributed by atoms with van der Waals surface area (Å²) in [7, 11) is 0. The fraction of sp³-hybridized carbons (Fsp3) is 0.455. The van der Waals surface area contributed by atoms with E-state index in [4.69, 9.17) is 16.2 Å². The number of ether oxygens (including phenoxy) is 1. The number of nitrogen functional groups attached to an aromatic ring is 2. The molecule has 0 aliphatic heterocycles. The van der Waals surface area contributed by atoms with Gasteiger partial charge in [0.25, 0.3) is 0 Å². The lowest BCUT2D eigenvalue weighted by Crippen LogP contribution is -2.03. The highest BCUT2D eigenvalue weighted by molar-refractivity contribution is 5.60. The quantitative estimate of drug-likeness (QED) is 0.723. The van der Waals surface area contributed by atoms with Gasteiger partial charge >= 0.3 is 0 Å². The van der Waals surface area contributed by atoms with Crippen LogP contribution in [-0.2, 0) is 0 Å². The Kier molecular flexibility index (Phi) is 3.63. The van der Waals surface area contributed by atoms with Gasteiger partial charge in [-0.05, 0) is 30.5 Å². The Morgan fingerprint density at radius 1 is 1.29 bits per heavy atom. The van der Waals surface area contributed by atoms with Crippen LogP contribution in [-0.4, -0.2) is 6.61 Å². The van der Waals surface area contributed by atoms with Crippen molar-refractivity contribution in [3.8, 4) is 5.75 Å². The Morgan fingerprint density at radius 3 is 2.57 bits per heavy atom. The van der Waals surface area contributed by atoms with Gasteiger partial charge in [0, 0.05) is 5.69 Å². The second-order valence-corrected chi connectivity index (χ2v) is 3.83. The molecule has 0 saturated heterocycles. The molecule has 0 unspecified atom stereocenters. The van der Waals surface area contributed by atoms with E-state index in [0.717, 1.165) is 12.2 Å². The van der Waals surface area contributed by atoms with Gasteiger partial charge in [0.2, 0.25) is 0 Å². The van der Waals surface area contributed by atoms with Gasteiger partial charge in [0.15, 0.2) is 0 Å². The van der Waals surface area contributed by atoms with Gasteiger partial charge in [-0.3, -0.25) is 0 Å². The zero-order chi connectivity index (χ0) is 10.6. The highest BCUT2D eigenvalue weighted by Gasteiger charge is 2.01. The SMILES string of the molecule is CC(C)CCOc1ccc(N)cc1N. The molecule has 0 spiro atoms. The fourth-order valence-corrected chi connectivity index (χ4v) is 1.10. The summed E-state index contributed by atoms with van der Waals surface area (Å²) < 4.78 is 5.52. The van der Waals surface area contributed by atoms with Crippen LogP contribution in [0.1, 0.15) is 20.3 Å². The lowest BCUT2D eigenvalue weighted by Gasteiger charge is -2.10. The molecule has 78 valence electrons. The molecule has 0 bridgehead atoms. The predicted molar refractivity (Wildman–Crippen MR) is 60.2 cm³/mol.